The molecule has 1 aromatic heterocycles. The lowest BCUT2D eigenvalue weighted by molar-refractivity contribution is -0.114. The lowest BCUT2D eigenvalue weighted by Gasteiger charge is -2.19. The van der Waals surface area contributed by atoms with Gasteiger partial charge in [0.2, 0.25) is 5.91 Å². The number of esters is 1. The van der Waals surface area contributed by atoms with Gasteiger partial charge in [-0.05, 0) is 43.0 Å². The highest BCUT2D eigenvalue weighted by Crippen LogP contribution is 2.49. The molecule has 0 spiro atoms. The number of hydrogen-bond donors (Lipinski definition) is 1. The minimum atomic E-state index is -0.397. The molecule has 30 heavy (non-hydrogen) atoms. The number of carbonyl (C=O) groups excluding carboxylic acids is 2. The molecule has 5 nitrogen and oxygen atoms in total. The van der Waals surface area contributed by atoms with Gasteiger partial charge < -0.3 is 10.1 Å². The molecule has 1 aliphatic carbocycles. The minimum Gasteiger partial charge on any atom is -0.462 e. The van der Waals surface area contributed by atoms with Crippen LogP contribution in [0.15, 0.2) is 58.4 Å². The molecule has 1 aliphatic rings. The molecule has 0 aliphatic heterocycles. The smallest absolute Gasteiger partial charge is 0.341 e. The standard InChI is InChI=1S/C23H24N2O3S2/c1-4-13-24-14-16-11-12-18-19(23(27)28-5-2)22(25-15(3)26)30-21(18)20(16)29-17-9-7-6-8-10-17/h4,6-10,14H,1,5,11-13H2,2-3H3,(H,25,26). The number of carbonyl (C=O) groups is 2. The van der Waals surface area contributed by atoms with Crippen molar-refractivity contribution in [3.63, 3.8) is 0 Å². The zero-order chi connectivity index (χ0) is 21.5. The molecule has 2 aromatic rings. The predicted molar refractivity (Wildman–Crippen MR) is 126 cm³/mol. The summed E-state index contributed by atoms with van der Waals surface area (Å²) in [4.78, 5) is 32.1. The van der Waals surface area contributed by atoms with Crippen molar-refractivity contribution in [3.05, 3.63) is 64.6 Å². The summed E-state index contributed by atoms with van der Waals surface area (Å²) in [7, 11) is 0. The zero-order valence-corrected chi connectivity index (χ0v) is 18.7. The van der Waals surface area contributed by atoms with Crippen LogP contribution >= 0.6 is 23.1 Å². The summed E-state index contributed by atoms with van der Waals surface area (Å²) in [5.74, 6) is -0.611. The maximum atomic E-state index is 12.7. The molecule has 156 valence electrons. The molecule has 0 saturated carbocycles. The molecule has 0 saturated heterocycles. The van der Waals surface area contributed by atoms with Gasteiger partial charge in [0.05, 0.1) is 18.7 Å². The number of hydrogen-bond acceptors (Lipinski definition) is 6. The number of benzene rings is 1. The van der Waals surface area contributed by atoms with E-state index < -0.39 is 5.97 Å². The number of thiophene rings is 1. The lowest BCUT2D eigenvalue weighted by Crippen LogP contribution is -2.13. The van der Waals surface area contributed by atoms with Crippen LogP contribution < -0.4 is 5.32 Å². The number of fused-ring (bicyclic) bond motifs is 1. The maximum Gasteiger partial charge on any atom is 0.341 e. The number of nitrogens with zero attached hydrogens (tertiary/aromatic N) is 1. The summed E-state index contributed by atoms with van der Waals surface area (Å²) < 4.78 is 5.29. The average molecular weight is 441 g/mol. The van der Waals surface area contributed by atoms with Crippen molar-refractivity contribution in [2.45, 2.75) is 31.6 Å². The first-order chi connectivity index (χ1) is 14.5. The Morgan fingerprint density at radius 3 is 2.73 bits per heavy atom. The summed E-state index contributed by atoms with van der Waals surface area (Å²) in [5, 5.41) is 3.36. The van der Waals surface area contributed by atoms with Crippen molar-refractivity contribution < 1.29 is 14.3 Å². The van der Waals surface area contributed by atoms with Crippen LogP contribution in [0.1, 0.15) is 41.1 Å². The van der Waals surface area contributed by atoms with Crippen molar-refractivity contribution in [2.24, 2.45) is 4.99 Å². The van der Waals surface area contributed by atoms with Crippen molar-refractivity contribution in [2.75, 3.05) is 18.5 Å². The molecule has 0 unspecified atom stereocenters. The summed E-state index contributed by atoms with van der Waals surface area (Å²) in [6.45, 7) is 7.77. The quantitative estimate of drug-likeness (QED) is 0.330. The third-order valence-corrected chi connectivity index (χ3v) is 6.84. The molecule has 0 fully saturated rings. The van der Waals surface area contributed by atoms with Gasteiger partial charge in [0.1, 0.15) is 5.00 Å². The van der Waals surface area contributed by atoms with E-state index in [1.54, 1.807) is 24.8 Å². The van der Waals surface area contributed by atoms with Crippen molar-refractivity contribution in [1.82, 2.24) is 0 Å². The van der Waals surface area contributed by atoms with Gasteiger partial charge >= 0.3 is 5.97 Å². The summed E-state index contributed by atoms with van der Waals surface area (Å²) >= 11 is 3.07. The van der Waals surface area contributed by atoms with E-state index in [-0.39, 0.29) is 12.5 Å². The number of nitrogens with one attached hydrogen (secondary N) is 1. The van der Waals surface area contributed by atoms with E-state index in [9.17, 15) is 9.59 Å². The molecule has 1 N–H and O–H groups in total. The second-order valence-corrected chi connectivity index (χ2v) is 8.67. The summed E-state index contributed by atoms with van der Waals surface area (Å²) in [6.07, 6.45) is 5.10. The summed E-state index contributed by atoms with van der Waals surface area (Å²) in [5.41, 5.74) is 2.52. The number of amides is 1. The molecule has 1 aromatic carbocycles. The van der Waals surface area contributed by atoms with E-state index in [1.807, 2.05) is 24.4 Å². The highest BCUT2D eigenvalue weighted by atomic mass is 32.2. The molecule has 0 bridgehead atoms. The topological polar surface area (TPSA) is 67.8 Å². The fourth-order valence-electron chi connectivity index (χ4n) is 3.15. The lowest BCUT2D eigenvalue weighted by atomic mass is 9.95. The van der Waals surface area contributed by atoms with Crippen LogP contribution in [-0.4, -0.2) is 31.2 Å². The van der Waals surface area contributed by atoms with Crippen molar-refractivity contribution >= 4 is 51.1 Å². The third kappa shape index (κ3) is 5.09. The van der Waals surface area contributed by atoms with Gasteiger partial charge in [0.15, 0.2) is 0 Å². The summed E-state index contributed by atoms with van der Waals surface area (Å²) in [6, 6.07) is 10.1. The Kier molecular flexibility index (Phi) is 7.65. The highest BCUT2D eigenvalue weighted by molar-refractivity contribution is 8.08. The second kappa shape index (κ2) is 10.4. The van der Waals surface area contributed by atoms with Gasteiger partial charge in [-0.3, -0.25) is 9.79 Å². The molecule has 1 heterocycles. The number of allylic oxidation sites excluding steroid dienone is 1. The fraction of sp³-hybridized carbons (Fsp3) is 0.261. The maximum absolute atomic E-state index is 12.7. The van der Waals surface area contributed by atoms with Crippen LogP contribution in [0.2, 0.25) is 0 Å². The molecule has 0 atom stereocenters. The van der Waals surface area contributed by atoms with Crippen LogP contribution in [0.3, 0.4) is 0 Å². The Balaban J connectivity index is 2.13. The number of anilines is 1. The van der Waals surface area contributed by atoms with Crippen LogP contribution in [0.4, 0.5) is 5.00 Å². The van der Waals surface area contributed by atoms with Gasteiger partial charge in [-0.25, -0.2) is 4.79 Å². The largest absolute Gasteiger partial charge is 0.462 e. The zero-order valence-electron chi connectivity index (χ0n) is 17.1. The molecule has 1 amide bonds. The Morgan fingerprint density at radius 2 is 2.07 bits per heavy atom. The first-order valence-corrected chi connectivity index (χ1v) is 11.4. The van der Waals surface area contributed by atoms with Gasteiger partial charge in [-0.1, -0.05) is 36.0 Å². The van der Waals surface area contributed by atoms with Gasteiger partial charge in [0, 0.05) is 27.8 Å². The van der Waals surface area contributed by atoms with E-state index >= 15 is 0 Å². The predicted octanol–water partition coefficient (Wildman–Crippen LogP) is 5.59. The normalized spacial score (nSPS) is 13.3. The van der Waals surface area contributed by atoms with Crippen LogP contribution in [-0.2, 0) is 16.0 Å². The SMILES string of the molecule is C=CCN=CC1=C(Sc2ccccc2)c2sc(NC(C)=O)c(C(=O)OCC)c2CC1. The fourth-order valence-corrected chi connectivity index (χ4v) is 5.69. The van der Waals surface area contributed by atoms with E-state index in [0.717, 1.165) is 32.2 Å². The molecule has 3 rings (SSSR count). The van der Waals surface area contributed by atoms with Crippen LogP contribution in [0.5, 0.6) is 0 Å². The van der Waals surface area contributed by atoms with Gasteiger partial charge in [-0.2, -0.15) is 0 Å². The monoisotopic (exact) mass is 440 g/mol. The molecule has 0 radical (unpaired) electrons. The van der Waals surface area contributed by atoms with E-state index in [4.69, 9.17) is 4.74 Å². The highest BCUT2D eigenvalue weighted by Gasteiger charge is 2.31. The first kappa shape index (κ1) is 22.1. The van der Waals surface area contributed by atoms with E-state index in [0.29, 0.717) is 23.5 Å². The number of ether oxygens (including phenoxy) is 1. The first-order valence-electron chi connectivity index (χ1n) is 9.72. The molecular weight excluding hydrogens is 416 g/mol. The Labute approximate surface area is 184 Å². The number of thioether (sulfide) groups is 1. The van der Waals surface area contributed by atoms with Crippen LogP contribution in [0.25, 0.3) is 4.91 Å². The van der Waals surface area contributed by atoms with Crippen LogP contribution in [0, 0.1) is 0 Å². The second-order valence-electron chi connectivity index (χ2n) is 6.57. The minimum absolute atomic E-state index is 0.215. The van der Waals surface area contributed by atoms with Crippen molar-refractivity contribution in [1.29, 1.82) is 0 Å². The van der Waals surface area contributed by atoms with Crippen molar-refractivity contribution in [3.8, 4) is 0 Å². The number of aliphatic imine (C=N–C) groups is 1. The van der Waals surface area contributed by atoms with E-state index in [2.05, 4.69) is 29.0 Å². The third-order valence-electron chi connectivity index (χ3n) is 4.36. The van der Waals surface area contributed by atoms with Gasteiger partial charge in [-0.15, -0.1) is 17.9 Å². The van der Waals surface area contributed by atoms with E-state index in [1.165, 1.54) is 18.3 Å². The Bertz CT molecular complexity index is 1010. The average Bonchev–Trinajstić information content (AvgIpc) is 3.08. The molecular formula is C23H24N2O3S2. The number of rotatable bonds is 8. The Morgan fingerprint density at radius 1 is 1.30 bits per heavy atom. The Hall–Kier alpha value is -2.64. The molecule has 7 heteroatoms. The van der Waals surface area contributed by atoms with Gasteiger partial charge in [0.25, 0.3) is 0 Å².